The van der Waals surface area contributed by atoms with E-state index in [2.05, 4.69) is 0 Å². The van der Waals surface area contributed by atoms with Crippen molar-refractivity contribution in [2.75, 3.05) is 0 Å². The number of carboxylic acids is 1. The summed E-state index contributed by atoms with van der Waals surface area (Å²) in [6.45, 7) is 5.70. The fourth-order valence-electron chi connectivity index (χ4n) is 3.72. The molecule has 6 nitrogen and oxygen atoms in total. The summed E-state index contributed by atoms with van der Waals surface area (Å²) in [5.41, 5.74) is 4.53. The first-order valence-electron chi connectivity index (χ1n) is 9.55. The average Bonchev–Trinajstić information content (AvgIpc) is 2.95. The van der Waals surface area contributed by atoms with Gasteiger partial charge in [0.25, 0.3) is 5.56 Å². The van der Waals surface area contributed by atoms with Crippen LogP contribution in [-0.2, 0) is 25.3 Å². The molecule has 0 unspecified atom stereocenters. The lowest BCUT2D eigenvalue weighted by Crippen LogP contribution is -2.20. The third-order valence-electron chi connectivity index (χ3n) is 5.43. The number of hydrogen-bond acceptors (Lipinski definition) is 3. The number of nitrogens with zero attached hydrogens (tertiary/aromatic N) is 3. The number of aromatic nitrogens is 3. The largest absolute Gasteiger partial charge is 0.481 e. The summed E-state index contributed by atoms with van der Waals surface area (Å²) < 4.78 is 3.60. The summed E-state index contributed by atoms with van der Waals surface area (Å²) in [6, 6.07) is 7.97. The molecule has 6 heteroatoms. The van der Waals surface area contributed by atoms with Crippen LogP contribution in [-0.4, -0.2) is 25.2 Å². The lowest BCUT2D eigenvalue weighted by molar-refractivity contribution is -0.143. The second kappa shape index (κ2) is 7.62. The van der Waals surface area contributed by atoms with Crippen molar-refractivity contribution in [3.05, 3.63) is 51.9 Å². The molecular weight excluding hydrogens is 354 g/mol. The highest BCUT2D eigenvalue weighted by atomic mass is 16.4. The molecule has 0 saturated heterocycles. The number of benzene rings is 1. The Labute approximate surface area is 164 Å². The number of carbonyl (C=O) groups is 1. The van der Waals surface area contributed by atoms with E-state index in [9.17, 15) is 14.7 Å². The number of aliphatic carboxylic acids is 1. The molecule has 1 aromatic carbocycles. The van der Waals surface area contributed by atoms with Crippen LogP contribution in [0.15, 0.2) is 35.3 Å². The molecule has 1 atom stereocenters. The van der Waals surface area contributed by atoms with Crippen LogP contribution in [0.25, 0.3) is 22.4 Å². The minimum absolute atomic E-state index is 0.0112. The molecule has 1 N–H and O–H groups in total. The minimum Gasteiger partial charge on any atom is -0.481 e. The lowest BCUT2D eigenvalue weighted by atomic mass is 9.90. The highest BCUT2D eigenvalue weighted by Gasteiger charge is 2.21. The van der Waals surface area contributed by atoms with E-state index in [4.69, 9.17) is 4.98 Å². The van der Waals surface area contributed by atoms with E-state index in [0.717, 1.165) is 28.0 Å². The van der Waals surface area contributed by atoms with Gasteiger partial charge in [0.05, 0.1) is 17.0 Å². The fourth-order valence-corrected chi connectivity index (χ4v) is 3.72. The molecule has 2 aromatic heterocycles. The Kier molecular flexibility index (Phi) is 5.40. The fraction of sp³-hybridized carbons (Fsp3) is 0.409. The van der Waals surface area contributed by atoms with Gasteiger partial charge in [0.15, 0.2) is 0 Å². The quantitative estimate of drug-likeness (QED) is 0.708. The molecule has 0 saturated carbocycles. The molecule has 0 radical (unpaired) electrons. The van der Waals surface area contributed by atoms with Crippen LogP contribution in [0.1, 0.15) is 31.4 Å². The third-order valence-corrected chi connectivity index (χ3v) is 5.43. The van der Waals surface area contributed by atoms with E-state index >= 15 is 0 Å². The van der Waals surface area contributed by atoms with Gasteiger partial charge in [0, 0.05) is 31.4 Å². The van der Waals surface area contributed by atoms with Crippen molar-refractivity contribution >= 4 is 17.0 Å². The smallest absolute Gasteiger partial charge is 0.306 e. The summed E-state index contributed by atoms with van der Waals surface area (Å²) in [4.78, 5) is 28.2. The maximum absolute atomic E-state index is 12.0. The van der Waals surface area contributed by atoms with E-state index in [1.54, 1.807) is 24.7 Å². The van der Waals surface area contributed by atoms with Gasteiger partial charge in [-0.15, -0.1) is 0 Å². The first-order valence-corrected chi connectivity index (χ1v) is 9.55. The zero-order chi connectivity index (χ0) is 20.6. The van der Waals surface area contributed by atoms with Gasteiger partial charge >= 0.3 is 5.97 Å². The van der Waals surface area contributed by atoms with Gasteiger partial charge in [-0.3, -0.25) is 9.59 Å². The van der Waals surface area contributed by atoms with Crippen LogP contribution in [0, 0.1) is 18.8 Å². The zero-order valence-electron chi connectivity index (χ0n) is 17.1. The number of fused-ring (bicyclic) bond motifs is 1. The standard InChI is InChI=1S/C22H27N3O3/c1-13(2)17(22(27)28)8-6-15-7-9-19-18(11-15)23-20(25(19)5)16-10-14(3)21(26)24(4)12-16/h7,9-13,17H,6,8H2,1-5H3,(H,27,28)/t17-/m0/s1. The number of rotatable bonds is 6. The minimum atomic E-state index is -0.735. The Hall–Kier alpha value is -2.89. The molecule has 3 aromatic rings. The van der Waals surface area contributed by atoms with Crippen LogP contribution in [0.2, 0.25) is 0 Å². The van der Waals surface area contributed by atoms with Crippen molar-refractivity contribution < 1.29 is 9.90 Å². The Morgan fingerprint density at radius 1 is 1.21 bits per heavy atom. The van der Waals surface area contributed by atoms with E-state index < -0.39 is 5.97 Å². The number of hydrogen-bond donors (Lipinski definition) is 1. The Morgan fingerprint density at radius 2 is 1.93 bits per heavy atom. The summed E-state index contributed by atoms with van der Waals surface area (Å²) in [6.07, 6.45) is 3.12. The van der Waals surface area contributed by atoms with Crippen LogP contribution < -0.4 is 5.56 Å². The first-order chi connectivity index (χ1) is 13.2. The molecular formula is C22H27N3O3. The number of aryl methyl sites for hydroxylation is 4. The highest BCUT2D eigenvalue weighted by Crippen LogP contribution is 2.26. The van der Waals surface area contributed by atoms with Crippen LogP contribution in [0.5, 0.6) is 0 Å². The number of carboxylic acid groups (broad SMARTS) is 1. The Morgan fingerprint density at radius 3 is 2.54 bits per heavy atom. The van der Waals surface area contributed by atoms with Crippen molar-refractivity contribution in [2.24, 2.45) is 25.9 Å². The first kappa shape index (κ1) is 19.9. The topological polar surface area (TPSA) is 77.1 Å². The van der Waals surface area contributed by atoms with Gasteiger partial charge in [-0.05, 0) is 49.4 Å². The summed E-state index contributed by atoms with van der Waals surface area (Å²) in [7, 11) is 3.71. The van der Waals surface area contributed by atoms with Crippen molar-refractivity contribution in [3.8, 4) is 11.4 Å². The van der Waals surface area contributed by atoms with Gasteiger partial charge in [-0.2, -0.15) is 0 Å². The molecule has 0 bridgehead atoms. The Balaban J connectivity index is 1.94. The van der Waals surface area contributed by atoms with Gasteiger partial charge in [0.2, 0.25) is 0 Å². The average molecular weight is 381 g/mol. The van der Waals surface area contributed by atoms with Crippen molar-refractivity contribution in [1.29, 1.82) is 0 Å². The van der Waals surface area contributed by atoms with Crippen molar-refractivity contribution in [2.45, 2.75) is 33.6 Å². The molecule has 0 aliphatic carbocycles. The van der Waals surface area contributed by atoms with Crippen molar-refractivity contribution in [3.63, 3.8) is 0 Å². The monoisotopic (exact) mass is 381 g/mol. The summed E-state index contributed by atoms with van der Waals surface area (Å²) >= 11 is 0. The molecule has 0 spiro atoms. The predicted molar refractivity (Wildman–Crippen MR) is 110 cm³/mol. The number of imidazole rings is 1. The van der Waals surface area contributed by atoms with Gasteiger partial charge in [-0.25, -0.2) is 4.98 Å². The second-order valence-corrected chi connectivity index (χ2v) is 7.87. The molecule has 148 valence electrons. The lowest BCUT2D eigenvalue weighted by Gasteiger charge is -2.15. The summed E-state index contributed by atoms with van der Waals surface area (Å²) in [5, 5.41) is 9.38. The van der Waals surface area contributed by atoms with E-state index in [-0.39, 0.29) is 17.4 Å². The SMILES string of the molecule is Cc1cc(-c2nc3cc(CC[C@H](C(=O)O)C(C)C)ccc3n2C)cn(C)c1=O. The molecule has 28 heavy (non-hydrogen) atoms. The van der Waals surface area contributed by atoms with Crippen LogP contribution >= 0.6 is 0 Å². The third kappa shape index (κ3) is 3.72. The molecule has 0 fully saturated rings. The van der Waals surface area contributed by atoms with Crippen molar-refractivity contribution in [1.82, 2.24) is 14.1 Å². The second-order valence-electron chi connectivity index (χ2n) is 7.87. The van der Waals surface area contributed by atoms with Gasteiger partial charge in [-0.1, -0.05) is 19.9 Å². The van der Waals surface area contributed by atoms with E-state index in [1.807, 2.05) is 49.7 Å². The van der Waals surface area contributed by atoms with Crippen LogP contribution in [0.3, 0.4) is 0 Å². The zero-order valence-corrected chi connectivity index (χ0v) is 17.1. The maximum atomic E-state index is 12.0. The summed E-state index contributed by atoms with van der Waals surface area (Å²) in [5.74, 6) is -0.170. The van der Waals surface area contributed by atoms with Gasteiger partial charge < -0.3 is 14.2 Å². The molecule has 2 heterocycles. The van der Waals surface area contributed by atoms with E-state index in [1.165, 1.54) is 0 Å². The van der Waals surface area contributed by atoms with Crippen LogP contribution in [0.4, 0.5) is 0 Å². The normalized spacial score (nSPS) is 12.6. The van der Waals surface area contributed by atoms with E-state index in [0.29, 0.717) is 18.4 Å². The molecule has 0 aliphatic rings. The predicted octanol–water partition coefficient (Wildman–Crippen LogP) is 3.54. The molecule has 0 amide bonds. The highest BCUT2D eigenvalue weighted by molar-refractivity contribution is 5.81. The molecule has 3 rings (SSSR count). The number of pyridine rings is 1. The molecule has 0 aliphatic heterocycles. The van der Waals surface area contributed by atoms with Gasteiger partial charge in [0.1, 0.15) is 5.82 Å². The maximum Gasteiger partial charge on any atom is 0.306 e. The Bertz CT molecular complexity index is 1070.